The van der Waals surface area contributed by atoms with E-state index in [1.807, 2.05) is 79.1 Å². The molecule has 2 aliphatic rings. The van der Waals surface area contributed by atoms with Crippen molar-refractivity contribution in [3.8, 4) is 5.75 Å². The van der Waals surface area contributed by atoms with Crippen LogP contribution in [0.5, 0.6) is 5.75 Å². The standard InChI is InChI=1S/C26H41N5O3.C8H12N2O.C3H8.C2H6/c1-7-13-28-15-20(30-21(27)8-2)26(5)23(32)19(16-31(26)6)29-24(33)17-10-9-11-18-22(17)34-14-12-25(18,3)4;1-4-5-6-10-7(2)8(11)9-3;1-3-2;1-2/h7,9-11,13,19-20,23,28,32H,8,12,14-16H2,1-6H3,(H2,27,30)(H,29,33);4-6H,2H2,1,3H3,(H,9,11);3H2,1-2H3;1-2H3/p+1/b13-7+;5-4-,10-6?;;. The van der Waals surface area contributed by atoms with Crippen molar-refractivity contribution in [2.24, 2.45) is 10.7 Å². The van der Waals surface area contributed by atoms with Gasteiger partial charge in [-0.2, -0.15) is 0 Å². The summed E-state index contributed by atoms with van der Waals surface area (Å²) >= 11 is 0. The van der Waals surface area contributed by atoms with E-state index >= 15 is 0 Å². The lowest BCUT2D eigenvalue weighted by Crippen LogP contribution is -2.90. The smallest absolute Gasteiger partial charge is 0.268 e. The maximum absolute atomic E-state index is 13.4. The van der Waals surface area contributed by atoms with Gasteiger partial charge >= 0.3 is 0 Å². The third-order valence-corrected chi connectivity index (χ3v) is 8.60. The van der Waals surface area contributed by atoms with Crippen molar-refractivity contribution in [2.45, 2.75) is 118 Å². The number of likely N-dealkylation sites (N-methyl/N-ethyl adjacent to an activating group) is 2. The first-order chi connectivity index (χ1) is 23.7. The molecule has 7 N–H and O–H groups in total. The Labute approximate surface area is 302 Å². The van der Waals surface area contributed by atoms with E-state index in [2.05, 4.69) is 65.1 Å². The van der Waals surface area contributed by atoms with Gasteiger partial charge in [-0.15, -0.1) is 0 Å². The van der Waals surface area contributed by atoms with Gasteiger partial charge in [-0.1, -0.05) is 85.8 Å². The van der Waals surface area contributed by atoms with Crippen LogP contribution in [-0.4, -0.2) is 91.4 Å². The van der Waals surface area contributed by atoms with Crippen LogP contribution in [0.15, 0.2) is 59.9 Å². The summed E-state index contributed by atoms with van der Waals surface area (Å²) in [6, 6.07) is 5.11. The molecule has 4 atom stereocenters. The molecule has 0 saturated carbocycles. The van der Waals surface area contributed by atoms with Crippen molar-refractivity contribution in [1.29, 1.82) is 0 Å². The minimum absolute atomic E-state index is 0.0515. The number of aliphatic imine (C=N–C) groups is 1. The lowest BCUT2D eigenvalue weighted by atomic mass is 9.79. The Bertz CT molecular complexity index is 1320. The molecule has 1 fully saturated rings. The molecule has 0 aromatic heterocycles. The molecule has 2 amide bonds. The number of hydrogen-bond acceptors (Lipinski definition) is 7. The van der Waals surface area contributed by atoms with Crippen LogP contribution in [0, 0.1) is 0 Å². The highest BCUT2D eigenvalue weighted by atomic mass is 16.5. The highest BCUT2D eigenvalue weighted by molar-refractivity contribution is 5.98. The predicted octanol–water partition coefficient (Wildman–Crippen LogP) is 3.59. The number of para-hydroxylation sites is 1. The van der Waals surface area contributed by atoms with E-state index in [-0.39, 0.29) is 29.0 Å². The fourth-order valence-corrected chi connectivity index (χ4v) is 5.47. The number of nitrogens with two attached hydrogens (primary N) is 1. The minimum atomic E-state index is -0.812. The molecule has 0 bridgehead atoms. The number of nitrogens with one attached hydrogen (secondary N) is 4. The maximum Gasteiger partial charge on any atom is 0.268 e. The second kappa shape index (κ2) is 23.4. The van der Waals surface area contributed by atoms with Gasteiger partial charge in [0.1, 0.15) is 17.5 Å². The normalized spacial score (nSPS) is 21.7. The number of carbonyl (C=O) groups is 2. The average molecular weight is 699 g/mol. The fraction of sp³-hybridized carbons (Fsp3) is 0.590. The molecule has 2 aliphatic heterocycles. The van der Waals surface area contributed by atoms with Crippen molar-refractivity contribution in [2.75, 3.05) is 33.8 Å². The van der Waals surface area contributed by atoms with Crippen molar-refractivity contribution in [3.05, 3.63) is 66.0 Å². The van der Waals surface area contributed by atoms with Gasteiger partial charge in [0.25, 0.3) is 11.8 Å². The topological polar surface area (TPSA) is 155 Å². The largest absolute Gasteiger partial charge is 0.492 e. The Morgan fingerprint density at radius 2 is 1.84 bits per heavy atom. The highest BCUT2D eigenvalue weighted by Gasteiger charge is 2.54. The number of nitrogens with zero attached hydrogens (tertiary/aromatic N) is 2. The summed E-state index contributed by atoms with van der Waals surface area (Å²) in [6.07, 6.45) is 10.9. The van der Waals surface area contributed by atoms with Crippen molar-refractivity contribution < 1.29 is 24.4 Å². The number of amides is 2. The summed E-state index contributed by atoms with van der Waals surface area (Å²) in [5.74, 6) is 0.829. The van der Waals surface area contributed by atoms with E-state index < -0.39 is 17.7 Å². The SMILES string of the molecule is C/C=C/NCC([NH+]=C(N)CC)C1(C)C(O)C(NC(=O)c2cccc3c2OCCC3(C)C)CN1C.C=C(N=C/C=C\C)C(=O)NC.CC.CCC. The molecule has 3 rings (SSSR count). The van der Waals surface area contributed by atoms with Gasteiger partial charge in [-0.3, -0.25) is 30.2 Å². The van der Waals surface area contributed by atoms with E-state index in [9.17, 15) is 14.7 Å². The molecular weight excluding hydrogens is 630 g/mol. The zero-order chi connectivity index (χ0) is 38.5. The van der Waals surface area contributed by atoms with Crippen molar-refractivity contribution in [3.63, 3.8) is 0 Å². The van der Waals surface area contributed by atoms with Crippen LogP contribution in [0.2, 0.25) is 0 Å². The molecule has 282 valence electrons. The van der Waals surface area contributed by atoms with Crippen LogP contribution in [0.1, 0.15) is 104 Å². The van der Waals surface area contributed by atoms with Crippen LogP contribution >= 0.6 is 0 Å². The summed E-state index contributed by atoms with van der Waals surface area (Å²) < 4.78 is 5.94. The molecular formula is C39H68N7O4+. The number of allylic oxidation sites excluding steroid dienone is 3. The number of amidine groups is 1. The molecule has 2 heterocycles. The van der Waals surface area contributed by atoms with Crippen LogP contribution in [0.4, 0.5) is 0 Å². The number of ether oxygens (including phenoxy) is 1. The Morgan fingerprint density at radius 3 is 2.40 bits per heavy atom. The predicted molar refractivity (Wildman–Crippen MR) is 209 cm³/mol. The van der Waals surface area contributed by atoms with Gasteiger partial charge in [0, 0.05) is 31.8 Å². The Balaban J connectivity index is 0.00000126. The Hall–Kier alpha value is -3.96. The van der Waals surface area contributed by atoms with Gasteiger partial charge in [-0.05, 0) is 58.0 Å². The molecule has 1 aromatic carbocycles. The first-order valence-electron chi connectivity index (χ1n) is 17.9. The van der Waals surface area contributed by atoms with E-state index in [0.717, 1.165) is 12.0 Å². The van der Waals surface area contributed by atoms with Crippen molar-refractivity contribution in [1.82, 2.24) is 20.9 Å². The molecule has 1 aromatic rings. The first-order valence-corrected chi connectivity index (χ1v) is 17.9. The van der Waals surface area contributed by atoms with Gasteiger partial charge in [0.05, 0.1) is 36.4 Å². The van der Waals surface area contributed by atoms with Gasteiger partial charge in [-0.25, -0.2) is 0 Å². The molecule has 0 aliphatic carbocycles. The monoisotopic (exact) mass is 699 g/mol. The minimum Gasteiger partial charge on any atom is -0.492 e. The van der Waals surface area contributed by atoms with Crippen molar-refractivity contribution >= 4 is 23.9 Å². The average Bonchev–Trinajstić information content (AvgIpc) is 3.32. The van der Waals surface area contributed by atoms with E-state index in [0.29, 0.717) is 43.3 Å². The zero-order valence-electron chi connectivity index (χ0n) is 32.9. The van der Waals surface area contributed by atoms with Crippen LogP contribution < -0.4 is 31.4 Å². The number of likely N-dealkylation sites (tertiary alicyclic amines) is 1. The molecule has 50 heavy (non-hydrogen) atoms. The molecule has 11 heteroatoms. The van der Waals surface area contributed by atoms with Gasteiger partial charge in [0.2, 0.25) is 5.84 Å². The first kappa shape index (κ1) is 46.0. The molecule has 4 unspecified atom stereocenters. The number of aliphatic hydroxyl groups excluding tert-OH is 1. The third-order valence-electron chi connectivity index (χ3n) is 8.60. The number of carbonyl (C=O) groups excluding carboxylic acids is 2. The van der Waals surface area contributed by atoms with Crippen LogP contribution in [0.25, 0.3) is 0 Å². The van der Waals surface area contributed by atoms with Crippen LogP contribution in [-0.2, 0) is 10.2 Å². The van der Waals surface area contributed by atoms with Gasteiger partial charge in [0.15, 0.2) is 0 Å². The van der Waals surface area contributed by atoms with Crippen LogP contribution in [0.3, 0.4) is 0 Å². The fourth-order valence-electron chi connectivity index (χ4n) is 5.47. The highest BCUT2D eigenvalue weighted by Crippen LogP contribution is 2.40. The summed E-state index contributed by atoms with van der Waals surface area (Å²) in [5, 5.41) is 20.3. The Morgan fingerprint density at radius 1 is 1.20 bits per heavy atom. The number of rotatable bonds is 11. The second-order valence-electron chi connectivity index (χ2n) is 12.8. The zero-order valence-corrected chi connectivity index (χ0v) is 32.9. The summed E-state index contributed by atoms with van der Waals surface area (Å²) in [5.41, 5.74) is 7.21. The van der Waals surface area contributed by atoms with E-state index in [4.69, 9.17) is 10.5 Å². The number of fused-ring (bicyclic) bond motifs is 1. The van der Waals surface area contributed by atoms with Gasteiger partial charge < -0.3 is 25.8 Å². The maximum atomic E-state index is 13.4. The quantitative estimate of drug-likeness (QED) is 0.117. The molecule has 1 saturated heterocycles. The number of hydrogen-bond donors (Lipinski definition) is 6. The third kappa shape index (κ3) is 13.1. The molecule has 0 spiro atoms. The van der Waals surface area contributed by atoms with E-state index in [1.165, 1.54) is 12.6 Å². The molecule has 11 nitrogen and oxygen atoms in total. The molecule has 0 radical (unpaired) electrons. The lowest BCUT2D eigenvalue weighted by Gasteiger charge is -2.39. The summed E-state index contributed by atoms with van der Waals surface area (Å²) in [4.78, 5) is 33.4. The van der Waals surface area contributed by atoms with E-state index in [1.54, 1.807) is 19.2 Å². The number of aliphatic hydroxyl groups is 1. The summed E-state index contributed by atoms with van der Waals surface area (Å²) in [7, 11) is 3.51. The Kier molecular flexibility index (Phi) is 21.6. The number of benzene rings is 1. The summed E-state index contributed by atoms with van der Waals surface area (Å²) in [6.45, 7) is 25.5. The second-order valence-corrected chi connectivity index (χ2v) is 12.8. The lowest BCUT2D eigenvalue weighted by molar-refractivity contribution is -0.522.